The maximum Gasteiger partial charge on any atom is 0.151 e. The van der Waals surface area contributed by atoms with Gasteiger partial charge in [0.15, 0.2) is 5.82 Å². The predicted molar refractivity (Wildman–Crippen MR) is 76.0 cm³/mol. The molecule has 0 bridgehead atoms. The van der Waals surface area contributed by atoms with E-state index in [1.807, 2.05) is 7.05 Å². The van der Waals surface area contributed by atoms with Crippen LogP contribution in [0.15, 0.2) is 18.2 Å². The number of aromatic nitrogens is 2. The van der Waals surface area contributed by atoms with E-state index in [-0.39, 0.29) is 0 Å². The molecule has 0 saturated heterocycles. The van der Waals surface area contributed by atoms with Gasteiger partial charge in [-0.3, -0.25) is 0 Å². The van der Waals surface area contributed by atoms with Crippen LogP contribution in [0, 0.1) is 27.7 Å². The molecule has 0 fully saturated rings. The second-order valence-corrected chi connectivity index (χ2v) is 4.72. The van der Waals surface area contributed by atoms with Crippen LogP contribution in [-0.2, 0) is 0 Å². The van der Waals surface area contributed by atoms with Gasteiger partial charge in [-0.05, 0) is 50.5 Å². The first-order valence-corrected chi connectivity index (χ1v) is 6.14. The maximum atomic E-state index is 4.37. The molecule has 0 unspecified atom stereocenters. The summed E-state index contributed by atoms with van der Waals surface area (Å²) < 4.78 is 0. The van der Waals surface area contributed by atoms with Crippen molar-refractivity contribution in [2.45, 2.75) is 27.7 Å². The number of benzene rings is 1. The van der Waals surface area contributed by atoms with Crippen molar-refractivity contribution in [1.29, 1.82) is 0 Å². The standard InChI is InChI=1S/C15H19N3/c1-9-6-7-10(2)13(8-9)14-11(3)12(4)15(16-5)18-17-14/h6-8H,1-5H3,(H,16,18). The summed E-state index contributed by atoms with van der Waals surface area (Å²) in [5.74, 6) is 0.849. The summed E-state index contributed by atoms with van der Waals surface area (Å²) in [5, 5.41) is 11.7. The largest absolute Gasteiger partial charge is 0.371 e. The number of hydrogen-bond donors (Lipinski definition) is 1. The highest BCUT2D eigenvalue weighted by Crippen LogP contribution is 2.28. The Morgan fingerprint density at radius 1 is 0.944 bits per heavy atom. The van der Waals surface area contributed by atoms with Crippen molar-refractivity contribution in [2.75, 3.05) is 12.4 Å². The summed E-state index contributed by atoms with van der Waals surface area (Å²) in [6.45, 7) is 8.38. The van der Waals surface area contributed by atoms with Crippen LogP contribution in [0.3, 0.4) is 0 Å². The lowest BCUT2D eigenvalue weighted by molar-refractivity contribution is 1.00. The van der Waals surface area contributed by atoms with Crippen LogP contribution in [0.5, 0.6) is 0 Å². The molecule has 0 saturated carbocycles. The molecule has 94 valence electrons. The average Bonchev–Trinajstić information content (AvgIpc) is 2.36. The molecule has 18 heavy (non-hydrogen) atoms. The first kappa shape index (κ1) is 12.6. The highest BCUT2D eigenvalue weighted by atomic mass is 15.2. The van der Waals surface area contributed by atoms with E-state index < -0.39 is 0 Å². The van der Waals surface area contributed by atoms with Gasteiger partial charge < -0.3 is 5.32 Å². The highest BCUT2D eigenvalue weighted by Gasteiger charge is 2.12. The fourth-order valence-corrected chi connectivity index (χ4v) is 2.09. The molecule has 2 aromatic rings. The highest BCUT2D eigenvalue weighted by molar-refractivity contribution is 5.69. The smallest absolute Gasteiger partial charge is 0.151 e. The van der Waals surface area contributed by atoms with E-state index in [0.717, 1.165) is 17.1 Å². The molecular formula is C15H19N3. The van der Waals surface area contributed by atoms with Crippen molar-refractivity contribution < 1.29 is 0 Å². The van der Waals surface area contributed by atoms with Gasteiger partial charge in [0.2, 0.25) is 0 Å². The summed E-state index contributed by atoms with van der Waals surface area (Å²) in [7, 11) is 1.87. The Kier molecular flexibility index (Phi) is 3.32. The summed E-state index contributed by atoms with van der Waals surface area (Å²) in [5.41, 5.74) is 6.96. The molecule has 1 heterocycles. The lowest BCUT2D eigenvalue weighted by Crippen LogP contribution is -2.03. The topological polar surface area (TPSA) is 37.8 Å². The third kappa shape index (κ3) is 2.08. The van der Waals surface area contributed by atoms with Gasteiger partial charge >= 0.3 is 0 Å². The normalized spacial score (nSPS) is 10.5. The lowest BCUT2D eigenvalue weighted by atomic mass is 9.98. The molecule has 0 amide bonds. The predicted octanol–water partition coefficient (Wildman–Crippen LogP) is 3.42. The molecule has 0 radical (unpaired) electrons. The molecule has 1 aromatic heterocycles. The van der Waals surface area contributed by atoms with Gasteiger partial charge in [-0.15, -0.1) is 10.2 Å². The fraction of sp³-hybridized carbons (Fsp3) is 0.333. The Morgan fingerprint density at radius 3 is 2.33 bits per heavy atom. The molecule has 0 aliphatic rings. The van der Waals surface area contributed by atoms with Crippen LogP contribution in [0.1, 0.15) is 22.3 Å². The van der Waals surface area contributed by atoms with E-state index in [4.69, 9.17) is 0 Å². The van der Waals surface area contributed by atoms with Crippen molar-refractivity contribution in [2.24, 2.45) is 0 Å². The zero-order valence-electron chi connectivity index (χ0n) is 11.6. The van der Waals surface area contributed by atoms with E-state index >= 15 is 0 Å². The minimum atomic E-state index is 0.849. The van der Waals surface area contributed by atoms with E-state index in [9.17, 15) is 0 Å². The third-order valence-corrected chi connectivity index (χ3v) is 3.41. The quantitative estimate of drug-likeness (QED) is 0.875. The number of nitrogens with zero attached hydrogens (tertiary/aromatic N) is 2. The van der Waals surface area contributed by atoms with Crippen molar-refractivity contribution in [3.63, 3.8) is 0 Å². The number of aryl methyl sites for hydroxylation is 2. The molecule has 1 aromatic carbocycles. The lowest BCUT2D eigenvalue weighted by Gasteiger charge is -2.13. The van der Waals surface area contributed by atoms with E-state index in [0.29, 0.717) is 0 Å². The van der Waals surface area contributed by atoms with Gasteiger partial charge in [-0.2, -0.15) is 0 Å². The number of hydrogen-bond acceptors (Lipinski definition) is 3. The summed E-state index contributed by atoms with van der Waals surface area (Å²) in [6.07, 6.45) is 0. The number of anilines is 1. The first-order chi connectivity index (χ1) is 8.54. The third-order valence-electron chi connectivity index (χ3n) is 3.41. The summed E-state index contributed by atoms with van der Waals surface area (Å²) in [6, 6.07) is 6.42. The zero-order chi connectivity index (χ0) is 13.3. The van der Waals surface area contributed by atoms with E-state index in [1.165, 1.54) is 22.3 Å². The van der Waals surface area contributed by atoms with Gasteiger partial charge in [0.25, 0.3) is 0 Å². The van der Waals surface area contributed by atoms with Crippen LogP contribution in [0.4, 0.5) is 5.82 Å². The molecule has 2 rings (SSSR count). The van der Waals surface area contributed by atoms with Gasteiger partial charge in [-0.1, -0.05) is 17.7 Å². The monoisotopic (exact) mass is 241 g/mol. The Labute approximate surface area is 108 Å². The van der Waals surface area contributed by atoms with Crippen LogP contribution >= 0.6 is 0 Å². The minimum Gasteiger partial charge on any atom is -0.371 e. The van der Waals surface area contributed by atoms with Crippen LogP contribution in [0.2, 0.25) is 0 Å². The van der Waals surface area contributed by atoms with E-state index in [1.54, 1.807) is 0 Å². The number of nitrogens with one attached hydrogen (secondary N) is 1. The second kappa shape index (κ2) is 4.77. The van der Waals surface area contributed by atoms with Gasteiger partial charge in [-0.25, -0.2) is 0 Å². The minimum absolute atomic E-state index is 0.849. The molecule has 0 aliphatic heterocycles. The molecule has 0 spiro atoms. The Balaban J connectivity index is 2.65. The first-order valence-electron chi connectivity index (χ1n) is 6.14. The van der Waals surface area contributed by atoms with Gasteiger partial charge in [0, 0.05) is 12.6 Å². The van der Waals surface area contributed by atoms with Crippen molar-refractivity contribution in [3.05, 3.63) is 40.5 Å². The summed E-state index contributed by atoms with van der Waals surface area (Å²) >= 11 is 0. The Morgan fingerprint density at radius 2 is 1.67 bits per heavy atom. The van der Waals surface area contributed by atoms with Crippen molar-refractivity contribution in [3.8, 4) is 11.3 Å². The Hall–Kier alpha value is -1.90. The van der Waals surface area contributed by atoms with E-state index in [2.05, 4.69) is 61.4 Å². The fourth-order valence-electron chi connectivity index (χ4n) is 2.09. The van der Waals surface area contributed by atoms with Gasteiger partial charge in [0.1, 0.15) is 0 Å². The molecule has 3 heteroatoms. The molecule has 1 N–H and O–H groups in total. The van der Waals surface area contributed by atoms with Crippen LogP contribution < -0.4 is 5.32 Å². The van der Waals surface area contributed by atoms with Crippen LogP contribution in [0.25, 0.3) is 11.3 Å². The Bertz CT molecular complexity index is 589. The summed E-state index contributed by atoms with van der Waals surface area (Å²) in [4.78, 5) is 0. The molecular weight excluding hydrogens is 222 g/mol. The van der Waals surface area contributed by atoms with Crippen molar-refractivity contribution >= 4 is 5.82 Å². The zero-order valence-corrected chi connectivity index (χ0v) is 11.6. The number of rotatable bonds is 2. The second-order valence-electron chi connectivity index (χ2n) is 4.72. The van der Waals surface area contributed by atoms with Crippen LogP contribution in [-0.4, -0.2) is 17.2 Å². The molecule has 0 atom stereocenters. The molecule has 3 nitrogen and oxygen atoms in total. The van der Waals surface area contributed by atoms with Crippen molar-refractivity contribution in [1.82, 2.24) is 10.2 Å². The SMILES string of the molecule is CNc1nnc(-c2cc(C)ccc2C)c(C)c1C. The molecule has 0 aliphatic carbocycles. The maximum absolute atomic E-state index is 4.37. The average molecular weight is 241 g/mol. The van der Waals surface area contributed by atoms with Gasteiger partial charge in [0.05, 0.1) is 5.69 Å².